The summed E-state index contributed by atoms with van der Waals surface area (Å²) < 4.78 is 5.67. The van der Waals surface area contributed by atoms with Gasteiger partial charge in [-0.15, -0.1) is 0 Å². The first kappa shape index (κ1) is 13.0. The van der Waals surface area contributed by atoms with Crippen LogP contribution in [0.3, 0.4) is 0 Å². The van der Waals surface area contributed by atoms with Crippen molar-refractivity contribution >= 4 is 11.6 Å². The number of para-hydroxylation sites is 1. The number of carbonyl (C=O) groups is 1. The van der Waals surface area contributed by atoms with E-state index in [1.54, 1.807) is 6.92 Å². The lowest BCUT2D eigenvalue weighted by atomic mass is 10.2. The molecule has 3 N–H and O–H groups in total. The molecule has 0 aliphatic carbocycles. The number of benzene rings is 2. The van der Waals surface area contributed by atoms with Crippen LogP contribution in [0.4, 0.5) is 5.69 Å². The van der Waals surface area contributed by atoms with Crippen molar-refractivity contribution in [3.05, 3.63) is 54.6 Å². The van der Waals surface area contributed by atoms with Gasteiger partial charge in [0.05, 0.1) is 0 Å². The molecular weight excluding hydrogens is 240 g/mol. The number of nitrogens with one attached hydrogen (secondary N) is 1. The number of ether oxygens (including phenoxy) is 1. The summed E-state index contributed by atoms with van der Waals surface area (Å²) in [4.78, 5) is 10.9. The van der Waals surface area contributed by atoms with Crippen molar-refractivity contribution in [2.24, 2.45) is 5.73 Å². The Labute approximate surface area is 112 Å². The minimum absolute atomic E-state index is 0.385. The molecule has 0 radical (unpaired) electrons. The minimum atomic E-state index is -0.402. The highest BCUT2D eigenvalue weighted by Crippen LogP contribution is 2.22. The number of carbonyl (C=O) groups excluding carboxylic acids is 1. The molecule has 0 aromatic heterocycles. The molecule has 0 bridgehead atoms. The third kappa shape index (κ3) is 3.74. The van der Waals surface area contributed by atoms with Crippen LogP contribution in [0.1, 0.15) is 6.92 Å². The van der Waals surface area contributed by atoms with E-state index in [9.17, 15) is 4.79 Å². The minimum Gasteiger partial charge on any atom is -0.457 e. The molecule has 2 aromatic rings. The van der Waals surface area contributed by atoms with Crippen LogP contribution >= 0.6 is 0 Å². The number of anilines is 1. The van der Waals surface area contributed by atoms with Crippen LogP contribution in [-0.4, -0.2) is 11.9 Å². The summed E-state index contributed by atoms with van der Waals surface area (Å²) in [6.07, 6.45) is 0. The molecular formula is C15H16N2O2. The van der Waals surface area contributed by atoms with E-state index in [4.69, 9.17) is 10.5 Å². The lowest BCUT2D eigenvalue weighted by Crippen LogP contribution is -2.32. The smallest absolute Gasteiger partial charge is 0.239 e. The van der Waals surface area contributed by atoms with E-state index in [0.717, 1.165) is 17.2 Å². The van der Waals surface area contributed by atoms with E-state index in [0.29, 0.717) is 0 Å². The van der Waals surface area contributed by atoms with Gasteiger partial charge >= 0.3 is 0 Å². The summed E-state index contributed by atoms with van der Waals surface area (Å²) in [5.74, 6) is 1.14. The van der Waals surface area contributed by atoms with Crippen molar-refractivity contribution in [2.45, 2.75) is 13.0 Å². The highest BCUT2D eigenvalue weighted by molar-refractivity contribution is 5.82. The molecule has 0 unspecified atom stereocenters. The number of primary amides is 1. The predicted molar refractivity (Wildman–Crippen MR) is 75.2 cm³/mol. The van der Waals surface area contributed by atoms with Crippen LogP contribution in [-0.2, 0) is 4.79 Å². The number of amides is 1. The van der Waals surface area contributed by atoms with Crippen LogP contribution in [0.5, 0.6) is 11.5 Å². The van der Waals surface area contributed by atoms with Crippen molar-refractivity contribution in [2.75, 3.05) is 5.32 Å². The fourth-order valence-electron chi connectivity index (χ4n) is 1.56. The maximum absolute atomic E-state index is 10.9. The molecule has 2 aromatic carbocycles. The first-order chi connectivity index (χ1) is 9.15. The van der Waals surface area contributed by atoms with Gasteiger partial charge < -0.3 is 15.8 Å². The van der Waals surface area contributed by atoms with E-state index in [-0.39, 0.29) is 5.91 Å². The van der Waals surface area contributed by atoms with Gasteiger partial charge in [-0.25, -0.2) is 0 Å². The molecule has 0 aliphatic heterocycles. The Morgan fingerprint density at radius 2 is 1.63 bits per heavy atom. The molecule has 2 rings (SSSR count). The zero-order chi connectivity index (χ0) is 13.7. The van der Waals surface area contributed by atoms with E-state index >= 15 is 0 Å². The lowest BCUT2D eigenvalue weighted by molar-refractivity contribution is -0.118. The SMILES string of the molecule is C[C@H](Nc1ccc(Oc2ccccc2)cc1)C(N)=O. The van der Waals surface area contributed by atoms with Crippen LogP contribution in [0.25, 0.3) is 0 Å². The Balaban J connectivity index is 2.01. The monoisotopic (exact) mass is 256 g/mol. The van der Waals surface area contributed by atoms with Gasteiger partial charge in [-0.1, -0.05) is 18.2 Å². The second-order valence-electron chi connectivity index (χ2n) is 4.21. The number of rotatable bonds is 5. The van der Waals surface area contributed by atoms with Crippen molar-refractivity contribution in [3.63, 3.8) is 0 Å². The molecule has 0 saturated heterocycles. The Morgan fingerprint density at radius 1 is 1.05 bits per heavy atom. The van der Waals surface area contributed by atoms with Crippen LogP contribution in [0, 0.1) is 0 Å². The fourth-order valence-corrected chi connectivity index (χ4v) is 1.56. The Kier molecular flexibility index (Phi) is 4.03. The first-order valence-corrected chi connectivity index (χ1v) is 6.04. The molecule has 4 heteroatoms. The summed E-state index contributed by atoms with van der Waals surface area (Å²) in [5, 5.41) is 3.00. The maximum Gasteiger partial charge on any atom is 0.239 e. The number of nitrogens with two attached hydrogens (primary N) is 1. The van der Waals surface area contributed by atoms with E-state index in [1.165, 1.54) is 0 Å². The van der Waals surface area contributed by atoms with E-state index in [1.807, 2.05) is 54.6 Å². The zero-order valence-electron chi connectivity index (χ0n) is 10.7. The number of hydrogen-bond acceptors (Lipinski definition) is 3. The number of hydrogen-bond donors (Lipinski definition) is 2. The fraction of sp³-hybridized carbons (Fsp3) is 0.133. The summed E-state index contributed by atoms with van der Waals surface area (Å²) in [7, 11) is 0. The second-order valence-corrected chi connectivity index (χ2v) is 4.21. The average molecular weight is 256 g/mol. The topological polar surface area (TPSA) is 64.3 Å². The summed E-state index contributed by atoms with van der Waals surface area (Å²) in [6.45, 7) is 1.72. The average Bonchev–Trinajstić information content (AvgIpc) is 2.42. The third-order valence-corrected chi connectivity index (χ3v) is 2.64. The molecule has 0 saturated carbocycles. The van der Waals surface area contributed by atoms with Crippen LogP contribution in [0.15, 0.2) is 54.6 Å². The Hall–Kier alpha value is -2.49. The van der Waals surface area contributed by atoms with Crippen LogP contribution in [0.2, 0.25) is 0 Å². The first-order valence-electron chi connectivity index (χ1n) is 6.04. The van der Waals surface area contributed by atoms with Crippen molar-refractivity contribution in [1.82, 2.24) is 0 Å². The molecule has 0 fully saturated rings. The molecule has 0 heterocycles. The van der Waals surface area contributed by atoms with Crippen LogP contribution < -0.4 is 15.8 Å². The van der Waals surface area contributed by atoms with Gasteiger partial charge in [0, 0.05) is 5.69 Å². The van der Waals surface area contributed by atoms with Gasteiger partial charge in [0.15, 0.2) is 0 Å². The van der Waals surface area contributed by atoms with Gasteiger partial charge in [-0.3, -0.25) is 4.79 Å². The lowest BCUT2D eigenvalue weighted by Gasteiger charge is -2.12. The van der Waals surface area contributed by atoms with Gasteiger partial charge in [-0.05, 0) is 43.3 Å². The second kappa shape index (κ2) is 5.91. The predicted octanol–water partition coefficient (Wildman–Crippen LogP) is 2.76. The summed E-state index contributed by atoms with van der Waals surface area (Å²) in [5.41, 5.74) is 6.02. The van der Waals surface area contributed by atoms with E-state index in [2.05, 4.69) is 5.32 Å². The molecule has 98 valence electrons. The van der Waals surface area contributed by atoms with Crippen molar-refractivity contribution in [1.29, 1.82) is 0 Å². The van der Waals surface area contributed by atoms with Gasteiger partial charge in [-0.2, -0.15) is 0 Å². The van der Waals surface area contributed by atoms with Gasteiger partial charge in [0.25, 0.3) is 0 Å². The molecule has 1 amide bonds. The molecule has 0 spiro atoms. The van der Waals surface area contributed by atoms with Gasteiger partial charge in [0.2, 0.25) is 5.91 Å². The van der Waals surface area contributed by atoms with E-state index < -0.39 is 6.04 Å². The molecule has 1 atom stereocenters. The highest BCUT2D eigenvalue weighted by atomic mass is 16.5. The molecule has 4 nitrogen and oxygen atoms in total. The largest absolute Gasteiger partial charge is 0.457 e. The summed E-state index contributed by atoms with van der Waals surface area (Å²) >= 11 is 0. The third-order valence-electron chi connectivity index (χ3n) is 2.64. The maximum atomic E-state index is 10.9. The summed E-state index contributed by atoms with van der Waals surface area (Å²) in [6, 6.07) is 16.5. The Morgan fingerprint density at radius 3 is 2.21 bits per heavy atom. The van der Waals surface area contributed by atoms with Gasteiger partial charge in [0.1, 0.15) is 17.5 Å². The zero-order valence-corrected chi connectivity index (χ0v) is 10.7. The van der Waals surface area contributed by atoms with Crippen molar-refractivity contribution in [3.8, 4) is 11.5 Å². The van der Waals surface area contributed by atoms with Crippen molar-refractivity contribution < 1.29 is 9.53 Å². The molecule has 19 heavy (non-hydrogen) atoms. The Bertz CT molecular complexity index is 538. The molecule has 0 aliphatic rings. The standard InChI is InChI=1S/C15H16N2O2/c1-11(15(16)18)17-12-7-9-14(10-8-12)19-13-5-3-2-4-6-13/h2-11,17H,1H3,(H2,16,18)/t11-/m0/s1. The quantitative estimate of drug-likeness (QED) is 0.864. The highest BCUT2D eigenvalue weighted by Gasteiger charge is 2.07. The normalized spacial score (nSPS) is 11.6.